The van der Waals surface area contributed by atoms with Crippen molar-refractivity contribution in [1.82, 2.24) is 9.78 Å². The number of halogens is 3. The molecule has 0 aliphatic carbocycles. The second-order valence-electron chi connectivity index (χ2n) is 4.03. The Balaban J connectivity index is 2.52. The van der Waals surface area contributed by atoms with Crippen molar-refractivity contribution in [2.24, 2.45) is 10.7 Å². The van der Waals surface area contributed by atoms with Crippen LogP contribution in [0.1, 0.15) is 5.56 Å². The smallest absolute Gasteiger partial charge is 0.384 e. The molecule has 2 N–H and O–H groups in total. The van der Waals surface area contributed by atoms with E-state index >= 15 is 0 Å². The molecule has 0 saturated heterocycles. The van der Waals surface area contributed by atoms with E-state index in [0.29, 0.717) is 17.1 Å². The number of aromatic nitrogens is 2. The van der Waals surface area contributed by atoms with Crippen LogP contribution in [0.5, 0.6) is 0 Å². The molecule has 1 heterocycles. The van der Waals surface area contributed by atoms with Crippen LogP contribution in [0, 0.1) is 0 Å². The summed E-state index contributed by atoms with van der Waals surface area (Å²) in [6, 6.07) is 6.33. The zero-order valence-electron chi connectivity index (χ0n) is 10.4. The van der Waals surface area contributed by atoms with Crippen molar-refractivity contribution >= 4 is 18.4 Å². The largest absolute Gasteiger partial charge is 0.416 e. The van der Waals surface area contributed by atoms with Gasteiger partial charge < -0.3 is 5.73 Å². The van der Waals surface area contributed by atoms with Gasteiger partial charge in [-0.3, -0.25) is 0 Å². The van der Waals surface area contributed by atoms with E-state index in [1.807, 2.05) is 0 Å². The Kier molecular flexibility index (Phi) is 3.35. The Hall–Kier alpha value is -2.57. The Bertz CT molecular complexity index is 670. The van der Waals surface area contributed by atoms with Gasteiger partial charge in [-0.15, -0.1) is 0 Å². The third-order valence-corrected chi connectivity index (χ3v) is 2.61. The number of alkyl halides is 3. The molecule has 4 nitrogen and oxygen atoms in total. The van der Waals surface area contributed by atoms with E-state index in [0.717, 1.165) is 12.1 Å². The van der Waals surface area contributed by atoms with Crippen LogP contribution < -0.4 is 5.73 Å². The highest BCUT2D eigenvalue weighted by Gasteiger charge is 2.30. The van der Waals surface area contributed by atoms with Crippen LogP contribution in [0.3, 0.4) is 0 Å². The summed E-state index contributed by atoms with van der Waals surface area (Å²) < 4.78 is 39.2. The summed E-state index contributed by atoms with van der Waals surface area (Å²) >= 11 is 0. The van der Waals surface area contributed by atoms with E-state index in [9.17, 15) is 13.2 Å². The first-order valence-electron chi connectivity index (χ1n) is 5.52. The highest BCUT2D eigenvalue weighted by molar-refractivity contribution is 5.66. The number of nitrogens with zero attached hydrogens (tertiary/aromatic N) is 3. The Labute approximate surface area is 113 Å². The van der Waals surface area contributed by atoms with Gasteiger partial charge in [-0.2, -0.15) is 23.0 Å². The van der Waals surface area contributed by atoms with Gasteiger partial charge in [-0.05, 0) is 18.9 Å². The van der Waals surface area contributed by atoms with Crippen molar-refractivity contribution in [1.29, 1.82) is 0 Å². The van der Waals surface area contributed by atoms with Crippen LogP contribution in [-0.2, 0) is 6.18 Å². The number of benzene rings is 1. The lowest BCUT2D eigenvalue weighted by molar-refractivity contribution is -0.137. The highest BCUT2D eigenvalue weighted by atomic mass is 19.4. The van der Waals surface area contributed by atoms with Gasteiger partial charge >= 0.3 is 6.18 Å². The fourth-order valence-electron chi connectivity index (χ4n) is 1.69. The molecule has 20 heavy (non-hydrogen) atoms. The molecule has 0 aliphatic rings. The van der Waals surface area contributed by atoms with Gasteiger partial charge in [0, 0.05) is 11.6 Å². The van der Waals surface area contributed by atoms with E-state index in [4.69, 9.17) is 5.73 Å². The molecule has 0 amide bonds. The first kappa shape index (κ1) is 13.9. The minimum atomic E-state index is -4.41. The second-order valence-corrected chi connectivity index (χ2v) is 4.03. The van der Waals surface area contributed by atoms with Crippen LogP contribution in [0.4, 0.5) is 19.0 Å². The predicted octanol–water partition coefficient (Wildman–Crippen LogP) is 3.29. The molecule has 0 aliphatic heterocycles. The lowest BCUT2D eigenvalue weighted by Gasteiger charge is -2.07. The van der Waals surface area contributed by atoms with Crippen LogP contribution in [0.25, 0.3) is 17.1 Å². The van der Waals surface area contributed by atoms with Crippen LogP contribution >= 0.6 is 0 Å². The number of rotatable bonds is 3. The van der Waals surface area contributed by atoms with Crippen molar-refractivity contribution in [3.63, 3.8) is 0 Å². The molecule has 2 rings (SSSR count). The third-order valence-electron chi connectivity index (χ3n) is 2.61. The van der Waals surface area contributed by atoms with Gasteiger partial charge in [0.1, 0.15) is 5.82 Å². The van der Waals surface area contributed by atoms with Gasteiger partial charge in [0.15, 0.2) is 5.82 Å². The van der Waals surface area contributed by atoms with Gasteiger partial charge in [0.25, 0.3) is 0 Å². The quantitative estimate of drug-likeness (QED) is 0.877. The molecule has 2 aromatic rings. The maximum Gasteiger partial charge on any atom is 0.416 e. The van der Waals surface area contributed by atoms with E-state index < -0.39 is 11.7 Å². The summed E-state index contributed by atoms with van der Waals surface area (Å²) in [5.74, 6) is 0.413. The summed E-state index contributed by atoms with van der Waals surface area (Å²) in [7, 11) is 0. The van der Waals surface area contributed by atoms with Gasteiger partial charge in [0.05, 0.1) is 11.3 Å². The lowest BCUT2D eigenvalue weighted by Crippen LogP contribution is -2.06. The van der Waals surface area contributed by atoms with E-state index in [2.05, 4.69) is 23.4 Å². The van der Waals surface area contributed by atoms with Crippen molar-refractivity contribution in [2.75, 3.05) is 0 Å². The average molecular weight is 280 g/mol. The van der Waals surface area contributed by atoms with E-state index in [-0.39, 0.29) is 5.82 Å². The van der Waals surface area contributed by atoms with Crippen LogP contribution in [0.15, 0.2) is 41.9 Å². The fraction of sp³-hybridized carbons (Fsp3) is 0.0769. The first-order valence-corrected chi connectivity index (χ1v) is 5.52. The maximum atomic E-state index is 12.7. The predicted molar refractivity (Wildman–Crippen MR) is 71.4 cm³/mol. The molecule has 0 radical (unpaired) electrons. The topological polar surface area (TPSA) is 56.2 Å². The number of hydrogen-bond acceptors (Lipinski definition) is 3. The summed E-state index contributed by atoms with van der Waals surface area (Å²) in [6.07, 6.45) is -4.41. The van der Waals surface area contributed by atoms with E-state index in [1.165, 1.54) is 22.9 Å². The molecule has 0 saturated carbocycles. The summed E-state index contributed by atoms with van der Waals surface area (Å²) in [5, 5.41) is 4.06. The molecular formula is C13H11F3N4. The van der Waals surface area contributed by atoms with E-state index in [1.54, 1.807) is 0 Å². The number of aliphatic imine (C=N–C) groups is 1. The van der Waals surface area contributed by atoms with Gasteiger partial charge in [-0.25, -0.2) is 4.99 Å². The standard InChI is InChI=1S/C13H11F3N4/c1-8(17)20-12(18-2)7-11(19-20)9-4-3-5-10(6-9)13(14,15)16/h3-7H,1-2,17H2. The van der Waals surface area contributed by atoms with Crippen molar-refractivity contribution in [2.45, 2.75) is 6.18 Å². The molecular weight excluding hydrogens is 269 g/mol. The lowest BCUT2D eigenvalue weighted by atomic mass is 10.1. The minimum Gasteiger partial charge on any atom is -0.384 e. The second kappa shape index (κ2) is 4.84. The summed E-state index contributed by atoms with van der Waals surface area (Å²) in [4.78, 5) is 3.70. The fourth-order valence-corrected chi connectivity index (χ4v) is 1.69. The van der Waals surface area contributed by atoms with Crippen molar-refractivity contribution < 1.29 is 13.2 Å². The third kappa shape index (κ3) is 2.56. The molecule has 0 spiro atoms. The Morgan fingerprint density at radius 3 is 2.50 bits per heavy atom. The Morgan fingerprint density at radius 2 is 2.00 bits per heavy atom. The normalized spacial score (nSPS) is 11.3. The minimum absolute atomic E-state index is 0.102. The average Bonchev–Trinajstić information content (AvgIpc) is 2.82. The molecule has 1 aromatic carbocycles. The molecule has 1 aromatic heterocycles. The van der Waals surface area contributed by atoms with Crippen molar-refractivity contribution in [3.8, 4) is 11.3 Å². The number of hydrogen-bond donors (Lipinski definition) is 1. The molecule has 0 fully saturated rings. The highest BCUT2D eigenvalue weighted by Crippen LogP contribution is 2.32. The molecule has 0 unspecified atom stereocenters. The monoisotopic (exact) mass is 280 g/mol. The van der Waals surface area contributed by atoms with Crippen LogP contribution in [-0.4, -0.2) is 16.5 Å². The zero-order valence-corrected chi connectivity index (χ0v) is 10.4. The molecule has 0 bridgehead atoms. The summed E-state index contributed by atoms with van der Waals surface area (Å²) in [6.45, 7) is 6.86. The molecule has 104 valence electrons. The SMILES string of the molecule is C=Nc1cc(-c2cccc(C(F)(F)F)c2)nn1C(=C)N. The number of nitrogens with two attached hydrogens (primary N) is 1. The maximum absolute atomic E-state index is 12.7. The zero-order chi connectivity index (χ0) is 14.9. The van der Waals surface area contributed by atoms with Gasteiger partial charge in [-0.1, -0.05) is 18.7 Å². The van der Waals surface area contributed by atoms with Crippen LogP contribution in [0.2, 0.25) is 0 Å². The van der Waals surface area contributed by atoms with Crippen molar-refractivity contribution in [3.05, 3.63) is 42.5 Å². The summed E-state index contributed by atoms with van der Waals surface area (Å²) in [5.41, 5.74) is 5.39. The van der Waals surface area contributed by atoms with Gasteiger partial charge in [0.2, 0.25) is 0 Å². The first-order chi connectivity index (χ1) is 9.32. The molecule has 0 atom stereocenters. The Morgan fingerprint density at radius 1 is 1.30 bits per heavy atom. The molecule has 7 heteroatoms.